The van der Waals surface area contributed by atoms with Crippen molar-refractivity contribution in [3.63, 3.8) is 0 Å². The Morgan fingerprint density at radius 3 is 2.14 bits per heavy atom. The molecule has 3 rings (SSSR count). The Balaban J connectivity index is 1.52. The predicted octanol–water partition coefficient (Wildman–Crippen LogP) is 3.41. The van der Waals surface area contributed by atoms with Crippen LogP contribution in [-0.4, -0.2) is 18.9 Å². The van der Waals surface area contributed by atoms with Gasteiger partial charge in [-0.3, -0.25) is 4.99 Å². The lowest BCUT2D eigenvalue weighted by molar-refractivity contribution is 0.107. The molecule has 0 amide bonds. The SMILES string of the molecule is Clc1ccc(COCc2ccc(C3=NCCN3)cc2)cc1. The van der Waals surface area contributed by atoms with E-state index >= 15 is 0 Å². The molecule has 4 heteroatoms. The topological polar surface area (TPSA) is 33.6 Å². The van der Waals surface area contributed by atoms with E-state index in [4.69, 9.17) is 16.3 Å². The van der Waals surface area contributed by atoms with E-state index in [1.54, 1.807) is 0 Å². The van der Waals surface area contributed by atoms with E-state index in [2.05, 4.69) is 34.6 Å². The summed E-state index contributed by atoms with van der Waals surface area (Å²) < 4.78 is 5.72. The van der Waals surface area contributed by atoms with Crippen molar-refractivity contribution in [2.45, 2.75) is 13.2 Å². The van der Waals surface area contributed by atoms with E-state index in [1.807, 2.05) is 24.3 Å². The van der Waals surface area contributed by atoms with Crippen LogP contribution in [-0.2, 0) is 18.0 Å². The molecule has 0 radical (unpaired) electrons. The highest BCUT2D eigenvalue weighted by Crippen LogP contribution is 2.12. The third-order valence-electron chi connectivity index (χ3n) is 3.35. The van der Waals surface area contributed by atoms with Crippen LogP contribution >= 0.6 is 11.6 Å². The maximum atomic E-state index is 5.85. The summed E-state index contributed by atoms with van der Waals surface area (Å²) in [6.45, 7) is 2.98. The van der Waals surface area contributed by atoms with Crippen molar-refractivity contribution >= 4 is 17.4 Å². The molecule has 0 saturated heterocycles. The van der Waals surface area contributed by atoms with E-state index < -0.39 is 0 Å². The van der Waals surface area contributed by atoms with Crippen LogP contribution in [0.4, 0.5) is 0 Å². The van der Waals surface area contributed by atoms with E-state index in [9.17, 15) is 0 Å². The van der Waals surface area contributed by atoms with E-state index in [1.165, 1.54) is 0 Å². The van der Waals surface area contributed by atoms with E-state index in [0.717, 1.165) is 40.6 Å². The molecular weight excluding hydrogens is 284 g/mol. The van der Waals surface area contributed by atoms with Crippen molar-refractivity contribution in [1.29, 1.82) is 0 Å². The predicted molar refractivity (Wildman–Crippen MR) is 85.8 cm³/mol. The van der Waals surface area contributed by atoms with Gasteiger partial charge >= 0.3 is 0 Å². The Bertz CT molecular complexity index is 620. The molecular formula is C17H17ClN2O. The number of benzene rings is 2. The Kier molecular flexibility index (Phi) is 4.53. The van der Waals surface area contributed by atoms with Gasteiger partial charge in [-0.1, -0.05) is 48.0 Å². The number of hydrogen-bond acceptors (Lipinski definition) is 3. The van der Waals surface area contributed by atoms with Crippen molar-refractivity contribution in [1.82, 2.24) is 5.32 Å². The van der Waals surface area contributed by atoms with Gasteiger partial charge in [-0.15, -0.1) is 0 Å². The summed E-state index contributed by atoms with van der Waals surface area (Å²) in [6, 6.07) is 16.1. The molecule has 0 aliphatic carbocycles. The second kappa shape index (κ2) is 6.74. The summed E-state index contributed by atoms with van der Waals surface area (Å²) in [4.78, 5) is 4.41. The van der Waals surface area contributed by atoms with Crippen LogP contribution in [0, 0.1) is 0 Å². The molecule has 0 saturated carbocycles. The van der Waals surface area contributed by atoms with Crippen molar-refractivity contribution < 1.29 is 4.74 Å². The molecule has 2 aromatic rings. The maximum Gasteiger partial charge on any atom is 0.128 e. The summed E-state index contributed by atoms with van der Waals surface area (Å²) in [7, 11) is 0. The third-order valence-corrected chi connectivity index (χ3v) is 3.60. The molecule has 1 aliphatic heterocycles. The summed E-state index contributed by atoms with van der Waals surface area (Å²) >= 11 is 5.85. The number of rotatable bonds is 5. The van der Waals surface area contributed by atoms with Gasteiger partial charge in [0.05, 0.1) is 19.8 Å². The van der Waals surface area contributed by atoms with Gasteiger partial charge in [-0.25, -0.2) is 0 Å². The number of ether oxygens (including phenoxy) is 1. The number of hydrogen-bond donors (Lipinski definition) is 1. The fourth-order valence-electron chi connectivity index (χ4n) is 2.22. The Morgan fingerprint density at radius 2 is 1.57 bits per heavy atom. The molecule has 0 spiro atoms. The zero-order valence-electron chi connectivity index (χ0n) is 11.7. The largest absolute Gasteiger partial charge is 0.372 e. The molecule has 1 N–H and O–H groups in total. The van der Waals surface area contributed by atoms with Crippen LogP contribution in [0.25, 0.3) is 0 Å². The standard InChI is InChI=1S/C17H17ClN2O/c18-16-7-3-14(4-8-16)12-21-11-13-1-5-15(6-2-13)17-19-9-10-20-17/h1-8H,9-12H2,(H,19,20). The van der Waals surface area contributed by atoms with Crippen molar-refractivity contribution in [2.75, 3.05) is 13.1 Å². The normalized spacial score (nSPS) is 13.9. The maximum absolute atomic E-state index is 5.85. The van der Waals surface area contributed by atoms with Crippen LogP contribution in [0.2, 0.25) is 5.02 Å². The first-order chi connectivity index (χ1) is 10.3. The second-order valence-electron chi connectivity index (χ2n) is 4.97. The number of nitrogens with one attached hydrogen (secondary N) is 1. The third kappa shape index (κ3) is 3.84. The Labute approximate surface area is 129 Å². The van der Waals surface area contributed by atoms with Crippen LogP contribution in [0.15, 0.2) is 53.5 Å². The monoisotopic (exact) mass is 300 g/mol. The highest BCUT2D eigenvalue weighted by Gasteiger charge is 2.07. The molecule has 2 aromatic carbocycles. The van der Waals surface area contributed by atoms with Gasteiger partial charge in [0.25, 0.3) is 0 Å². The van der Waals surface area contributed by atoms with Gasteiger partial charge in [-0.05, 0) is 23.3 Å². The molecule has 1 aliphatic rings. The number of aliphatic imine (C=N–C) groups is 1. The highest BCUT2D eigenvalue weighted by molar-refractivity contribution is 6.30. The minimum Gasteiger partial charge on any atom is -0.372 e. The van der Waals surface area contributed by atoms with Gasteiger partial charge in [0, 0.05) is 17.1 Å². The first kappa shape index (κ1) is 14.1. The lowest BCUT2D eigenvalue weighted by atomic mass is 10.1. The zero-order chi connectivity index (χ0) is 14.5. The molecule has 0 fully saturated rings. The van der Waals surface area contributed by atoms with Crippen LogP contribution in [0.5, 0.6) is 0 Å². The van der Waals surface area contributed by atoms with Crippen LogP contribution in [0.3, 0.4) is 0 Å². The minimum atomic E-state index is 0.590. The smallest absolute Gasteiger partial charge is 0.128 e. The Hall–Kier alpha value is -1.84. The summed E-state index contributed by atoms with van der Waals surface area (Å²) in [5, 5.41) is 4.02. The zero-order valence-corrected chi connectivity index (χ0v) is 12.4. The first-order valence-corrected chi connectivity index (χ1v) is 7.39. The molecule has 108 valence electrons. The van der Waals surface area contributed by atoms with Gasteiger partial charge in [-0.2, -0.15) is 0 Å². The van der Waals surface area contributed by atoms with E-state index in [0.29, 0.717) is 13.2 Å². The van der Waals surface area contributed by atoms with E-state index in [-0.39, 0.29) is 0 Å². The Morgan fingerprint density at radius 1 is 0.952 bits per heavy atom. The number of nitrogens with zero attached hydrogens (tertiary/aromatic N) is 1. The molecule has 1 heterocycles. The van der Waals surface area contributed by atoms with Gasteiger partial charge in [0.2, 0.25) is 0 Å². The summed E-state index contributed by atoms with van der Waals surface area (Å²) in [6.07, 6.45) is 0. The minimum absolute atomic E-state index is 0.590. The highest BCUT2D eigenvalue weighted by atomic mass is 35.5. The first-order valence-electron chi connectivity index (χ1n) is 7.01. The van der Waals surface area contributed by atoms with Crippen molar-refractivity contribution in [2.24, 2.45) is 4.99 Å². The van der Waals surface area contributed by atoms with Crippen LogP contribution in [0.1, 0.15) is 16.7 Å². The number of halogens is 1. The molecule has 0 bridgehead atoms. The molecule has 0 unspecified atom stereocenters. The number of amidine groups is 1. The van der Waals surface area contributed by atoms with Crippen molar-refractivity contribution in [3.8, 4) is 0 Å². The second-order valence-corrected chi connectivity index (χ2v) is 5.41. The van der Waals surface area contributed by atoms with Gasteiger partial charge in [0.1, 0.15) is 5.84 Å². The lowest BCUT2D eigenvalue weighted by Gasteiger charge is -2.07. The fraction of sp³-hybridized carbons (Fsp3) is 0.235. The fourth-order valence-corrected chi connectivity index (χ4v) is 2.34. The summed E-state index contributed by atoms with van der Waals surface area (Å²) in [5.41, 5.74) is 3.42. The quantitative estimate of drug-likeness (QED) is 0.918. The van der Waals surface area contributed by atoms with Gasteiger partial charge in [0.15, 0.2) is 0 Å². The molecule has 0 atom stereocenters. The van der Waals surface area contributed by atoms with Crippen molar-refractivity contribution in [3.05, 3.63) is 70.2 Å². The lowest BCUT2D eigenvalue weighted by Crippen LogP contribution is -2.19. The van der Waals surface area contributed by atoms with Gasteiger partial charge < -0.3 is 10.1 Å². The summed E-state index contributed by atoms with van der Waals surface area (Å²) in [5.74, 6) is 0.989. The molecule has 0 aromatic heterocycles. The average molecular weight is 301 g/mol. The average Bonchev–Trinajstić information content (AvgIpc) is 3.04. The van der Waals surface area contributed by atoms with Crippen LogP contribution < -0.4 is 5.32 Å². The molecule has 3 nitrogen and oxygen atoms in total. The molecule has 21 heavy (non-hydrogen) atoms.